The zero-order valence-corrected chi connectivity index (χ0v) is 13.0. The molecule has 0 unspecified atom stereocenters. The minimum atomic E-state index is -0.531. The van der Waals surface area contributed by atoms with Gasteiger partial charge in [-0.2, -0.15) is 0 Å². The zero-order valence-electron chi connectivity index (χ0n) is 11.5. The monoisotopic (exact) mass is 299 g/mol. The Morgan fingerprint density at radius 2 is 1.79 bits per heavy atom. The highest BCUT2D eigenvalue weighted by atomic mass is 35.5. The third-order valence-corrected chi connectivity index (χ3v) is 4.70. The maximum atomic E-state index is 12.8. The molecule has 2 rings (SSSR count). The van der Waals surface area contributed by atoms with Crippen molar-refractivity contribution in [3.05, 3.63) is 30.3 Å². The molecule has 4 heteroatoms. The molecule has 0 aliphatic carbocycles. The second kappa shape index (κ2) is 4.99. The fourth-order valence-corrected chi connectivity index (χ4v) is 3.33. The van der Waals surface area contributed by atoms with Crippen molar-refractivity contribution in [1.29, 1.82) is 0 Å². The number of nitrogens with zero attached hydrogens (tertiary/aromatic N) is 1. The number of carbonyl (C=O) groups is 1. The molecule has 1 saturated heterocycles. The van der Waals surface area contributed by atoms with Crippen LogP contribution in [-0.4, -0.2) is 17.3 Å². The van der Waals surface area contributed by atoms with Crippen LogP contribution in [0.5, 0.6) is 0 Å². The maximum Gasteiger partial charge on any atom is 0.233 e. The van der Waals surface area contributed by atoms with E-state index in [0.29, 0.717) is 13.0 Å². The lowest BCUT2D eigenvalue weighted by Gasteiger charge is -2.35. The minimum absolute atomic E-state index is 0.106. The summed E-state index contributed by atoms with van der Waals surface area (Å²) in [6, 6.07) is 9.74. The molecule has 1 amide bonds. The quantitative estimate of drug-likeness (QED) is 0.764. The van der Waals surface area contributed by atoms with Crippen LogP contribution in [-0.2, 0) is 4.79 Å². The van der Waals surface area contributed by atoms with Gasteiger partial charge >= 0.3 is 0 Å². The first-order valence-corrected chi connectivity index (χ1v) is 7.30. The molecule has 0 spiro atoms. The van der Waals surface area contributed by atoms with Crippen molar-refractivity contribution in [3.63, 3.8) is 0 Å². The molecule has 1 aliphatic rings. The van der Waals surface area contributed by atoms with Gasteiger partial charge in [-0.25, -0.2) is 0 Å². The van der Waals surface area contributed by atoms with Crippen molar-refractivity contribution in [3.8, 4) is 0 Å². The first kappa shape index (κ1) is 14.7. The number of anilines is 1. The molecule has 1 aliphatic heterocycles. The lowest BCUT2D eigenvalue weighted by atomic mass is 9.67. The lowest BCUT2D eigenvalue weighted by Crippen LogP contribution is -2.39. The van der Waals surface area contributed by atoms with Crippen LogP contribution >= 0.6 is 23.2 Å². The topological polar surface area (TPSA) is 20.3 Å². The third-order valence-electron chi connectivity index (χ3n) is 4.39. The third kappa shape index (κ3) is 2.48. The van der Waals surface area contributed by atoms with Crippen molar-refractivity contribution in [2.75, 3.05) is 11.4 Å². The Hall–Kier alpha value is -0.730. The number of para-hydroxylation sites is 1. The van der Waals surface area contributed by atoms with Crippen LogP contribution in [0.2, 0.25) is 0 Å². The highest BCUT2D eigenvalue weighted by molar-refractivity contribution is 6.44. The number of hydrogen-bond donors (Lipinski definition) is 0. The van der Waals surface area contributed by atoms with Crippen LogP contribution in [0.15, 0.2) is 30.3 Å². The zero-order chi connectivity index (χ0) is 14.3. The summed E-state index contributed by atoms with van der Waals surface area (Å²) < 4.78 is 0. The number of alkyl halides is 2. The fraction of sp³-hybridized carbons (Fsp3) is 0.533. The van der Waals surface area contributed by atoms with Gasteiger partial charge in [0.15, 0.2) is 0 Å². The van der Waals surface area contributed by atoms with E-state index in [1.165, 1.54) is 0 Å². The second-order valence-electron chi connectivity index (χ2n) is 6.04. The first-order valence-electron chi connectivity index (χ1n) is 6.43. The Kier molecular flexibility index (Phi) is 3.85. The highest BCUT2D eigenvalue weighted by Gasteiger charge is 2.56. The normalized spacial score (nSPS) is 26.2. The van der Waals surface area contributed by atoms with E-state index in [1.807, 2.05) is 42.2 Å². The number of hydrogen-bond acceptors (Lipinski definition) is 1. The SMILES string of the molecule is CC1(C)CN(c2ccccc2)C(=O)[C@]1(C)CC(Cl)Cl. The summed E-state index contributed by atoms with van der Waals surface area (Å²) in [7, 11) is 0. The first-order chi connectivity index (χ1) is 8.78. The van der Waals surface area contributed by atoms with Crippen molar-refractivity contribution in [1.82, 2.24) is 0 Å². The van der Waals surface area contributed by atoms with E-state index < -0.39 is 10.3 Å². The van der Waals surface area contributed by atoms with Gasteiger partial charge in [0.2, 0.25) is 5.91 Å². The van der Waals surface area contributed by atoms with Crippen LogP contribution in [0, 0.1) is 10.8 Å². The predicted molar refractivity (Wildman–Crippen MR) is 80.8 cm³/mol. The number of rotatable bonds is 3. The molecule has 0 saturated carbocycles. The van der Waals surface area contributed by atoms with Gasteiger partial charge in [0.25, 0.3) is 0 Å². The summed E-state index contributed by atoms with van der Waals surface area (Å²) in [6.07, 6.45) is 0.477. The summed E-state index contributed by atoms with van der Waals surface area (Å²) in [6.45, 7) is 6.86. The van der Waals surface area contributed by atoms with Crippen LogP contribution in [0.4, 0.5) is 5.69 Å². The van der Waals surface area contributed by atoms with E-state index in [4.69, 9.17) is 23.2 Å². The van der Waals surface area contributed by atoms with E-state index in [2.05, 4.69) is 13.8 Å². The standard InChI is InChI=1S/C15H19Cl2NO/c1-14(2)10-18(11-7-5-4-6-8-11)13(19)15(14,3)9-12(16)17/h4-8,12H,9-10H2,1-3H3/t15-/m0/s1. The van der Waals surface area contributed by atoms with Gasteiger partial charge < -0.3 is 4.90 Å². The van der Waals surface area contributed by atoms with Crippen molar-refractivity contribution < 1.29 is 4.79 Å². The average molecular weight is 300 g/mol. The average Bonchev–Trinajstić information content (AvgIpc) is 2.51. The van der Waals surface area contributed by atoms with Gasteiger partial charge in [-0.1, -0.05) is 39.0 Å². The Morgan fingerprint density at radius 3 is 2.32 bits per heavy atom. The summed E-state index contributed by atoms with van der Waals surface area (Å²) in [4.78, 5) is 14.1. The predicted octanol–water partition coefficient (Wildman–Crippen LogP) is 4.26. The Balaban J connectivity index is 2.36. The summed E-state index contributed by atoms with van der Waals surface area (Å²) in [5, 5.41) is 0. The minimum Gasteiger partial charge on any atom is -0.311 e. The highest BCUT2D eigenvalue weighted by Crippen LogP contribution is 2.51. The van der Waals surface area contributed by atoms with E-state index >= 15 is 0 Å². The molecule has 1 heterocycles. The summed E-state index contributed by atoms with van der Waals surface area (Å²) in [5.74, 6) is 0.106. The second-order valence-corrected chi connectivity index (χ2v) is 7.32. The molecular weight excluding hydrogens is 281 g/mol. The van der Waals surface area contributed by atoms with Gasteiger partial charge in [-0.15, -0.1) is 23.2 Å². The maximum absolute atomic E-state index is 12.8. The molecule has 0 radical (unpaired) electrons. The van der Waals surface area contributed by atoms with E-state index in [0.717, 1.165) is 5.69 Å². The number of benzene rings is 1. The largest absolute Gasteiger partial charge is 0.311 e. The number of halogens is 2. The Bertz CT molecular complexity index is 472. The smallest absolute Gasteiger partial charge is 0.233 e. The Labute approximate surface area is 124 Å². The van der Waals surface area contributed by atoms with Crippen LogP contribution in [0.25, 0.3) is 0 Å². The van der Waals surface area contributed by atoms with Gasteiger partial charge in [-0.3, -0.25) is 4.79 Å². The van der Waals surface area contributed by atoms with Gasteiger partial charge in [0, 0.05) is 12.2 Å². The molecule has 1 fully saturated rings. The molecular formula is C15H19Cl2NO. The van der Waals surface area contributed by atoms with Gasteiger partial charge in [0.1, 0.15) is 4.84 Å². The van der Waals surface area contributed by atoms with E-state index in [-0.39, 0.29) is 11.3 Å². The molecule has 0 bridgehead atoms. The van der Waals surface area contributed by atoms with Crippen LogP contribution in [0.1, 0.15) is 27.2 Å². The molecule has 0 N–H and O–H groups in total. The van der Waals surface area contributed by atoms with Gasteiger partial charge in [0.05, 0.1) is 5.41 Å². The molecule has 104 valence electrons. The molecule has 0 aromatic heterocycles. The number of carbonyl (C=O) groups excluding carboxylic acids is 1. The van der Waals surface area contributed by atoms with E-state index in [9.17, 15) is 4.79 Å². The van der Waals surface area contributed by atoms with Crippen LogP contribution in [0.3, 0.4) is 0 Å². The number of amides is 1. The summed E-state index contributed by atoms with van der Waals surface area (Å²) >= 11 is 11.9. The van der Waals surface area contributed by atoms with Crippen molar-refractivity contribution in [2.24, 2.45) is 10.8 Å². The Morgan fingerprint density at radius 1 is 1.21 bits per heavy atom. The molecule has 1 aromatic rings. The van der Waals surface area contributed by atoms with Crippen molar-refractivity contribution in [2.45, 2.75) is 32.0 Å². The summed E-state index contributed by atoms with van der Waals surface area (Å²) in [5.41, 5.74) is 0.240. The van der Waals surface area contributed by atoms with Crippen molar-refractivity contribution >= 4 is 34.8 Å². The molecule has 1 aromatic carbocycles. The lowest BCUT2D eigenvalue weighted by molar-refractivity contribution is -0.128. The van der Waals surface area contributed by atoms with Crippen LogP contribution < -0.4 is 4.90 Å². The fourth-order valence-electron chi connectivity index (χ4n) is 2.72. The van der Waals surface area contributed by atoms with Gasteiger partial charge in [-0.05, 0) is 24.0 Å². The molecule has 19 heavy (non-hydrogen) atoms. The molecule has 2 nitrogen and oxygen atoms in total. The molecule has 1 atom stereocenters. The van der Waals surface area contributed by atoms with E-state index in [1.54, 1.807) is 0 Å².